The van der Waals surface area contributed by atoms with Gasteiger partial charge in [-0.3, -0.25) is 14.2 Å². The number of aromatic nitrogens is 3. The van der Waals surface area contributed by atoms with Crippen molar-refractivity contribution in [2.24, 2.45) is 0 Å². The minimum absolute atomic E-state index is 0.00525. The molecule has 118 valence electrons. The maximum absolute atomic E-state index is 12.2. The molecule has 1 aromatic rings. The number of thioether (sulfide) groups is 1. The molecule has 0 saturated carbocycles. The van der Waals surface area contributed by atoms with Crippen molar-refractivity contribution in [1.29, 1.82) is 0 Å². The Bertz CT molecular complexity index is 486. The van der Waals surface area contributed by atoms with Gasteiger partial charge in [0.05, 0.1) is 5.75 Å². The van der Waals surface area contributed by atoms with Crippen molar-refractivity contribution in [3.8, 4) is 0 Å². The first-order valence-electron chi connectivity index (χ1n) is 7.07. The Morgan fingerprint density at radius 3 is 2.43 bits per heavy atom. The second-order valence-electron chi connectivity index (χ2n) is 4.48. The summed E-state index contributed by atoms with van der Waals surface area (Å²) in [5.74, 6) is -0.286. The van der Waals surface area contributed by atoms with E-state index in [1.165, 1.54) is 0 Å². The molecule has 0 saturated heterocycles. The number of nitrogens with zero attached hydrogens (tertiary/aromatic N) is 4. The van der Waals surface area contributed by atoms with Gasteiger partial charge in [0, 0.05) is 19.5 Å². The van der Waals surface area contributed by atoms with Crippen LogP contribution < -0.4 is 0 Å². The molecule has 1 heterocycles. The topological polar surface area (TPSA) is 88.3 Å². The highest BCUT2D eigenvalue weighted by Crippen LogP contribution is 2.18. The summed E-state index contributed by atoms with van der Waals surface area (Å²) in [4.78, 5) is 24.7. The van der Waals surface area contributed by atoms with Crippen molar-refractivity contribution < 1.29 is 14.7 Å². The molecule has 0 spiro atoms. The van der Waals surface area contributed by atoms with Crippen LogP contribution in [-0.2, 0) is 22.6 Å². The highest BCUT2D eigenvalue weighted by Gasteiger charge is 2.18. The molecule has 8 heteroatoms. The Morgan fingerprint density at radius 1 is 1.24 bits per heavy atom. The van der Waals surface area contributed by atoms with Crippen molar-refractivity contribution in [3.63, 3.8) is 0 Å². The summed E-state index contributed by atoms with van der Waals surface area (Å²) in [6.07, 6.45) is 1.60. The van der Waals surface area contributed by atoms with Gasteiger partial charge in [-0.15, -0.1) is 10.2 Å². The monoisotopic (exact) mass is 314 g/mol. The molecule has 7 nitrogen and oxygen atoms in total. The largest absolute Gasteiger partial charge is 0.481 e. The van der Waals surface area contributed by atoms with E-state index in [4.69, 9.17) is 5.11 Å². The molecule has 0 bridgehead atoms. The van der Waals surface area contributed by atoms with Crippen LogP contribution in [0.25, 0.3) is 0 Å². The summed E-state index contributed by atoms with van der Waals surface area (Å²) in [6.45, 7) is 7.35. The summed E-state index contributed by atoms with van der Waals surface area (Å²) in [6, 6.07) is 0. The van der Waals surface area contributed by atoms with Gasteiger partial charge in [0.15, 0.2) is 5.16 Å². The van der Waals surface area contributed by atoms with Crippen molar-refractivity contribution in [2.45, 2.75) is 45.3 Å². The van der Waals surface area contributed by atoms with E-state index in [1.54, 1.807) is 9.47 Å². The average molecular weight is 314 g/mol. The summed E-state index contributed by atoms with van der Waals surface area (Å²) >= 11 is 1.09. The minimum atomic E-state index is -0.915. The quantitative estimate of drug-likeness (QED) is 0.691. The second kappa shape index (κ2) is 8.66. The van der Waals surface area contributed by atoms with E-state index in [9.17, 15) is 9.59 Å². The number of aryl methyl sites for hydroxylation is 1. The standard InChI is InChI=1S/C13H22N4O3S/c1-4-7-10-14-15-13(21-9-12(19)20)17(10)8-11(18)16(5-2)6-3/h4-9H2,1-3H3,(H,19,20). The predicted molar refractivity (Wildman–Crippen MR) is 80.3 cm³/mol. The lowest BCUT2D eigenvalue weighted by molar-refractivity contribution is -0.134. The highest BCUT2D eigenvalue weighted by molar-refractivity contribution is 7.99. The van der Waals surface area contributed by atoms with Gasteiger partial charge < -0.3 is 10.0 Å². The van der Waals surface area contributed by atoms with Crippen molar-refractivity contribution >= 4 is 23.6 Å². The van der Waals surface area contributed by atoms with Gasteiger partial charge in [0.25, 0.3) is 0 Å². The summed E-state index contributed by atoms with van der Waals surface area (Å²) in [5.41, 5.74) is 0. The fraction of sp³-hybridized carbons (Fsp3) is 0.692. The van der Waals surface area contributed by atoms with Gasteiger partial charge in [0.2, 0.25) is 5.91 Å². The first-order valence-corrected chi connectivity index (χ1v) is 8.06. The molecule has 1 amide bonds. The van der Waals surface area contributed by atoms with E-state index in [0.717, 1.165) is 24.0 Å². The molecule has 1 N–H and O–H groups in total. The van der Waals surface area contributed by atoms with E-state index in [2.05, 4.69) is 10.2 Å². The van der Waals surface area contributed by atoms with Gasteiger partial charge in [-0.25, -0.2) is 0 Å². The van der Waals surface area contributed by atoms with E-state index in [1.807, 2.05) is 20.8 Å². The molecule has 0 aliphatic carbocycles. The van der Waals surface area contributed by atoms with Crippen LogP contribution in [0, 0.1) is 0 Å². The van der Waals surface area contributed by atoms with E-state index in [-0.39, 0.29) is 18.2 Å². The molecular formula is C13H22N4O3S. The maximum atomic E-state index is 12.2. The third-order valence-corrected chi connectivity index (χ3v) is 3.95. The number of carboxylic acids is 1. The lowest BCUT2D eigenvalue weighted by Crippen LogP contribution is -2.34. The Balaban J connectivity index is 2.91. The summed E-state index contributed by atoms with van der Waals surface area (Å²) in [5, 5.41) is 17.3. The van der Waals surface area contributed by atoms with Gasteiger partial charge in [-0.1, -0.05) is 18.7 Å². The molecule has 0 aromatic carbocycles. The van der Waals surface area contributed by atoms with Crippen LogP contribution in [0.3, 0.4) is 0 Å². The van der Waals surface area contributed by atoms with Crippen molar-refractivity contribution in [3.05, 3.63) is 5.82 Å². The van der Waals surface area contributed by atoms with E-state index < -0.39 is 5.97 Å². The van der Waals surface area contributed by atoms with Crippen LogP contribution in [0.5, 0.6) is 0 Å². The number of rotatable bonds is 9. The van der Waals surface area contributed by atoms with Crippen LogP contribution in [-0.4, -0.2) is 55.5 Å². The Morgan fingerprint density at radius 2 is 1.90 bits per heavy atom. The van der Waals surface area contributed by atoms with Gasteiger partial charge in [-0.2, -0.15) is 0 Å². The van der Waals surface area contributed by atoms with Gasteiger partial charge >= 0.3 is 5.97 Å². The molecule has 0 radical (unpaired) electrons. The van der Waals surface area contributed by atoms with E-state index in [0.29, 0.717) is 24.7 Å². The second-order valence-corrected chi connectivity index (χ2v) is 5.43. The lowest BCUT2D eigenvalue weighted by Gasteiger charge is -2.19. The number of carboxylic acid groups (broad SMARTS) is 1. The molecular weight excluding hydrogens is 292 g/mol. The average Bonchev–Trinajstić information content (AvgIpc) is 2.81. The molecule has 1 rings (SSSR count). The third-order valence-electron chi connectivity index (χ3n) is 3.00. The zero-order valence-electron chi connectivity index (χ0n) is 12.7. The van der Waals surface area contributed by atoms with Crippen LogP contribution in [0.2, 0.25) is 0 Å². The molecule has 0 fully saturated rings. The Labute approximate surface area is 128 Å². The highest BCUT2D eigenvalue weighted by atomic mass is 32.2. The van der Waals surface area contributed by atoms with Crippen LogP contribution >= 0.6 is 11.8 Å². The number of amides is 1. The fourth-order valence-electron chi connectivity index (χ4n) is 1.93. The smallest absolute Gasteiger partial charge is 0.313 e. The zero-order valence-corrected chi connectivity index (χ0v) is 13.5. The van der Waals surface area contributed by atoms with Crippen molar-refractivity contribution in [2.75, 3.05) is 18.8 Å². The van der Waals surface area contributed by atoms with Crippen LogP contribution in [0.1, 0.15) is 33.0 Å². The number of likely N-dealkylation sites (N-methyl/N-ethyl adjacent to an activating group) is 1. The van der Waals surface area contributed by atoms with Crippen LogP contribution in [0.15, 0.2) is 5.16 Å². The fourth-order valence-corrected chi connectivity index (χ4v) is 2.61. The van der Waals surface area contributed by atoms with E-state index >= 15 is 0 Å². The molecule has 0 unspecified atom stereocenters. The number of hydrogen-bond donors (Lipinski definition) is 1. The summed E-state index contributed by atoms with van der Waals surface area (Å²) in [7, 11) is 0. The zero-order chi connectivity index (χ0) is 15.8. The number of carbonyl (C=O) groups is 2. The predicted octanol–water partition coefficient (Wildman–Crippen LogP) is 1.28. The van der Waals surface area contributed by atoms with Crippen molar-refractivity contribution in [1.82, 2.24) is 19.7 Å². The van der Waals surface area contributed by atoms with Crippen LogP contribution in [0.4, 0.5) is 0 Å². The number of aliphatic carboxylic acids is 1. The van der Waals surface area contributed by atoms with Gasteiger partial charge in [-0.05, 0) is 20.3 Å². The normalized spacial score (nSPS) is 10.6. The molecule has 0 aliphatic heterocycles. The molecule has 0 aliphatic rings. The summed E-state index contributed by atoms with van der Waals surface area (Å²) < 4.78 is 1.73. The Hall–Kier alpha value is -1.57. The maximum Gasteiger partial charge on any atom is 0.313 e. The third kappa shape index (κ3) is 5.04. The first kappa shape index (κ1) is 17.5. The lowest BCUT2D eigenvalue weighted by atomic mass is 10.3. The first-order chi connectivity index (χ1) is 10.0. The molecule has 21 heavy (non-hydrogen) atoms. The van der Waals surface area contributed by atoms with Gasteiger partial charge in [0.1, 0.15) is 12.4 Å². The number of carbonyl (C=O) groups excluding carboxylic acids is 1. The minimum Gasteiger partial charge on any atom is -0.481 e. The number of hydrogen-bond acceptors (Lipinski definition) is 5. The SMILES string of the molecule is CCCc1nnc(SCC(=O)O)n1CC(=O)N(CC)CC. The molecule has 0 atom stereocenters. The molecule has 1 aromatic heterocycles. The Kier molecular flexibility index (Phi) is 7.21.